The molecule has 0 aliphatic carbocycles. The van der Waals surface area contributed by atoms with Gasteiger partial charge in [0.25, 0.3) is 0 Å². The first-order chi connectivity index (χ1) is 7.45. The molecule has 0 aromatic carbocycles. The molecule has 0 atom stereocenters. The summed E-state index contributed by atoms with van der Waals surface area (Å²) in [7, 11) is 1.87. The van der Waals surface area contributed by atoms with Crippen LogP contribution in [0.2, 0.25) is 0 Å². The van der Waals surface area contributed by atoms with Gasteiger partial charge in [-0.1, -0.05) is 13.8 Å². The molecule has 0 unspecified atom stereocenters. The summed E-state index contributed by atoms with van der Waals surface area (Å²) in [5.74, 6) is 1.10. The van der Waals surface area contributed by atoms with Gasteiger partial charge >= 0.3 is 0 Å². The Kier molecular flexibility index (Phi) is 8.08. The van der Waals surface area contributed by atoms with E-state index in [4.69, 9.17) is 4.74 Å². The van der Waals surface area contributed by atoms with Crippen molar-refractivity contribution in [3.05, 3.63) is 11.5 Å². The monoisotopic (exact) mass is 229 g/mol. The van der Waals surface area contributed by atoms with Gasteiger partial charge in [0.05, 0.1) is 6.61 Å². The summed E-state index contributed by atoms with van der Waals surface area (Å²) < 4.78 is 5.51. The Hall–Kier alpha value is -0.700. The minimum absolute atomic E-state index is 0.353. The van der Waals surface area contributed by atoms with Crippen LogP contribution in [0.1, 0.15) is 40.5 Å². The van der Waals surface area contributed by atoms with Crippen LogP contribution in [0.3, 0.4) is 0 Å². The zero-order chi connectivity index (χ0) is 12.6. The molecule has 0 aliphatic heterocycles. The Morgan fingerprint density at radius 1 is 1.25 bits per heavy atom. The molecule has 0 aromatic rings. The lowest BCUT2D eigenvalue weighted by Gasteiger charge is -2.19. The lowest BCUT2D eigenvalue weighted by molar-refractivity contribution is 0.0999. The highest BCUT2D eigenvalue weighted by Crippen LogP contribution is 2.05. The molecule has 0 bridgehead atoms. The van der Waals surface area contributed by atoms with Gasteiger partial charge in [-0.05, 0) is 38.2 Å². The van der Waals surface area contributed by atoms with Crippen LogP contribution in [0.25, 0.3) is 0 Å². The number of hydrogen-bond donors (Lipinski definition) is 1. The van der Waals surface area contributed by atoms with Crippen molar-refractivity contribution in [2.75, 3.05) is 26.8 Å². The van der Waals surface area contributed by atoms with Crippen LogP contribution in [0.15, 0.2) is 11.5 Å². The lowest BCUT2D eigenvalue weighted by atomic mass is 10.1. The number of ether oxygens (including phenoxy) is 1. The molecular weight excluding hydrogens is 202 g/mol. The van der Waals surface area contributed by atoms with E-state index in [1.165, 1.54) is 6.42 Å². The summed E-state index contributed by atoms with van der Waals surface area (Å²) in [6.07, 6.45) is 2.34. The van der Waals surface area contributed by atoms with Gasteiger partial charge in [-0.3, -0.25) is 0 Å². The highest BCUT2D eigenvalue weighted by Gasteiger charge is 2.03. The zero-order valence-electron chi connectivity index (χ0n) is 11.4. The van der Waals surface area contributed by atoms with Crippen LogP contribution in [0, 0.1) is 5.92 Å². The van der Waals surface area contributed by atoms with Gasteiger partial charge in [0.15, 0.2) is 5.88 Å². The molecule has 0 fully saturated rings. The van der Waals surface area contributed by atoms with Gasteiger partial charge in [-0.25, -0.2) is 0 Å². The number of allylic oxidation sites excluding steroid dienone is 1. The molecule has 96 valence electrons. The normalized spacial score (nSPS) is 10.6. The molecule has 0 saturated heterocycles. The number of nitrogens with zero attached hydrogens (tertiary/aromatic N) is 1. The molecule has 0 aromatic heterocycles. The van der Waals surface area contributed by atoms with Gasteiger partial charge in [0.1, 0.15) is 0 Å². The van der Waals surface area contributed by atoms with E-state index in [2.05, 4.69) is 13.8 Å². The molecule has 0 spiro atoms. The molecule has 0 rings (SSSR count). The maximum absolute atomic E-state index is 9.62. The molecule has 0 amide bonds. The van der Waals surface area contributed by atoms with E-state index in [9.17, 15) is 5.11 Å². The van der Waals surface area contributed by atoms with E-state index in [-0.39, 0.29) is 0 Å². The molecule has 0 heterocycles. The van der Waals surface area contributed by atoms with Crippen LogP contribution >= 0.6 is 0 Å². The van der Waals surface area contributed by atoms with Crippen LogP contribution in [0.4, 0.5) is 0 Å². The first-order valence-electron chi connectivity index (χ1n) is 6.10. The Bertz CT molecular complexity index is 208. The van der Waals surface area contributed by atoms with Crippen LogP contribution < -0.4 is 0 Å². The number of hydrogen-bond acceptors (Lipinski definition) is 3. The Morgan fingerprint density at radius 2 is 1.88 bits per heavy atom. The van der Waals surface area contributed by atoms with Gasteiger partial charge in [-0.15, -0.1) is 0 Å². The summed E-state index contributed by atoms with van der Waals surface area (Å²) >= 11 is 0. The zero-order valence-corrected chi connectivity index (χ0v) is 11.4. The van der Waals surface area contributed by atoms with Crippen LogP contribution in [-0.4, -0.2) is 36.8 Å². The van der Waals surface area contributed by atoms with Crippen LogP contribution in [0.5, 0.6) is 0 Å². The SMILES string of the molecule is CC(C)=C(O)N(C)CCOCCCC(C)C. The quantitative estimate of drug-likeness (QED) is 0.512. The topological polar surface area (TPSA) is 32.7 Å². The van der Waals surface area contributed by atoms with Crippen molar-refractivity contribution in [3.63, 3.8) is 0 Å². The third-order valence-electron chi connectivity index (χ3n) is 2.45. The largest absolute Gasteiger partial charge is 0.495 e. The van der Waals surface area contributed by atoms with E-state index in [1.54, 1.807) is 0 Å². The second kappa shape index (κ2) is 8.45. The minimum atomic E-state index is 0.353. The van der Waals surface area contributed by atoms with Crippen molar-refractivity contribution in [2.45, 2.75) is 40.5 Å². The van der Waals surface area contributed by atoms with Crippen molar-refractivity contribution in [3.8, 4) is 0 Å². The molecule has 0 aliphatic rings. The second-order valence-electron chi connectivity index (χ2n) is 4.89. The highest BCUT2D eigenvalue weighted by atomic mass is 16.5. The van der Waals surface area contributed by atoms with E-state index in [0.29, 0.717) is 12.5 Å². The predicted octanol–water partition coefficient (Wildman–Crippen LogP) is 3.18. The highest BCUT2D eigenvalue weighted by molar-refractivity contribution is 4.99. The first-order valence-corrected chi connectivity index (χ1v) is 6.10. The Labute approximate surface area is 100 Å². The van der Waals surface area contributed by atoms with Crippen molar-refractivity contribution in [1.29, 1.82) is 0 Å². The van der Waals surface area contributed by atoms with Crippen molar-refractivity contribution < 1.29 is 9.84 Å². The number of aliphatic hydroxyl groups excluding tert-OH is 1. The van der Waals surface area contributed by atoms with Gasteiger partial charge < -0.3 is 14.7 Å². The van der Waals surface area contributed by atoms with Gasteiger partial charge in [0.2, 0.25) is 0 Å². The molecule has 3 nitrogen and oxygen atoms in total. The summed E-state index contributed by atoms with van der Waals surface area (Å²) in [6.45, 7) is 10.5. The second-order valence-corrected chi connectivity index (χ2v) is 4.89. The van der Waals surface area contributed by atoms with Crippen LogP contribution in [-0.2, 0) is 4.74 Å². The van der Waals surface area contributed by atoms with E-state index < -0.39 is 0 Å². The number of rotatable bonds is 8. The fraction of sp³-hybridized carbons (Fsp3) is 0.846. The molecule has 3 heteroatoms. The minimum Gasteiger partial charge on any atom is -0.495 e. The summed E-state index contributed by atoms with van der Waals surface area (Å²) in [5, 5.41) is 9.62. The summed E-state index contributed by atoms with van der Waals surface area (Å²) in [6, 6.07) is 0. The average molecular weight is 229 g/mol. The molecule has 1 N–H and O–H groups in total. The Morgan fingerprint density at radius 3 is 2.38 bits per heavy atom. The van der Waals surface area contributed by atoms with E-state index >= 15 is 0 Å². The average Bonchev–Trinajstić information content (AvgIpc) is 2.21. The Balaban J connectivity index is 3.49. The van der Waals surface area contributed by atoms with E-state index in [1.807, 2.05) is 25.8 Å². The number of likely N-dealkylation sites (N-methyl/N-ethyl adjacent to an activating group) is 1. The maximum atomic E-state index is 9.62. The van der Waals surface area contributed by atoms with E-state index in [0.717, 1.165) is 31.1 Å². The summed E-state index contributed by atoms with van der Waals surface area (Å²) in [5.41, 5.74) is 0.933. The molecule has 16 heavy (non-hydrogen) atoms. The maximum Gasteiger partial charge on any atom is 0.185 e. The molecule has 0 saturated carbocycles. The standard InChI is InChI=1S/C13H27NO2/c1-11(2)7-6-9-16-10-8-14(5)13(15)12(3)4/h11,15H,6-10H2,1-5H3. The first kappa shape index (κ1) is 15.3. The van der Waals surface area contributed by atoms with Crippen molar-refractivity contribution in [2.24, 2.45) is 5.92 Å². The number of aliphatic hydroxyl groups is 1. The van der Waals surface area contributed by atoms with Gasteiger partial charge in [0, 0.05) is 20.2 Å². The molecule has 0 radical (unpaired) electrons. The molecular formula is C13H27NO2. The smallest absolute Gasteiger partial charge is 0.185 e. The lowest BCUT2D eigenvalue weighted by Crippen LogP contribution is -2.23. The third-order valence-corrected chi connectivity index (χ3v) is 2.45. The predicted molar refractivity (Wildman–Crippen MR) is 68.5 cm³/mol. The third kappa shape index (κ3) is 7.57. The fourth-order valence-corrected chi connectivity index (χ4v) is 1.38. The fourth-order valence-electron chi connectivity index (χ4n) is 1.38. The summed E-state index contributed by atoms with van der Waals surface area (Å²) in [4.78, 5) is 1.82. The van der Waals surface area contributed by atoms with Gasteiger partial charge in [-0.2, -0.15) is 0 Å². The van der Waals surface area contributed by atoms with Crippen molar-refractivity contribution >= 4 is 0 Å². The van der Waals surface area contributed by atoms with Crippen molar-refractivity contribution in [1.82, 2.24) is 4.90 Å².